The zero-order chi connectivity index (χ0) is 19.7. The summed E-state index contributed by atoms with van der Waals surface area (Å²) in [5.41, 5.74) is 1.03. The largest absolute Gasteiger partial charge is 0.339 e. The molecule has 2 unspecified atom stereocenters. The van der Waals surface area contributed by atoms with E-state index in [1.807, 2.05) is 6.92 Å². The minimum atomic E-state index is -0.583. The summed E-state index contributed by atoms with van der Waals surface area (Å²) >= 11 is 0. The Morgan fingerprint density at radius 1 is 1.11 bits per heavy atom. The molecule has 2 heterocycles. The highest BCUT2D eigenvalue weighted by Crippen LogP contribution is 2.33. The Morgan fingerprint density at radius 2 is 1.93 bits per heavy atom. The SMILES string of the molecule is CC(c1ccc(F)cc1F)N1CCCC(c2nc(-c3cccc(F)c3)no2)C1. The molecule has 0 N–H and O–H groups in total. The summed E-state index contributed by atoms with van der Waals surface area (Å²) in [5, 5.41) is 3.98. The van der Waals surface area contributed by atoms with Crippen LogP contribution in [0.4, 0.5) is 13.2 Å². The predicted molar refractivity (Wildman–Crippen MR) is 98.0 cm³/mol. The number of halogens is 3. The third kappa shape index (κ3) is 3.80. The number of hydrogen-bond acceptors (Lipinski definition) is 4. The molecular formula is C21H20F3N3O. The molecule has 7 heteroatoms. The molecule has 0 bridgehead atoms. The molecule has 0 aliphatic carbocycles. The van der Waals surface area contributed by atoms with Gasteiger partial charge in [0.05, 0.1) is 5.92 Å². The second kappa shape index (κ2) is 7.75. The molecule has 28 heavy (non-hydrogen) atoms. The normalized spacial score (nSPS) is 18.9. The Labute approximate surface area is 161 Å². The van der Waals surface area contributed by atoms with E-state index in [1.165, 1.54) is 24.3 Å². The van der Waals surface area contributed by atoms with E-state index < -0.39 is 11.6 Å². The first kappa shape index (κ1) is 18.7. The summed E-state index contributed by atoms with van der Waals surface area (Å²) in [4.78, 5) is 6.58. The van der Waals surface area contributed by atoms with Crippen molar-refractivity contribution in [1.82, 2.24) is 15.0 Å². The monoisotopic (exact) mass is 387 g/mol. The Hall–Kier alpha value is -2.67. The van der Waals surface area contributed by atoms with Crippen LogP contribution in [0.3, 0.4) is 0 Å². The highest BCUT2D eigenvalue weighted by Gasteiger charge is 2.30. The summed E-state index contributed by atoms with van der Waals surface area (Å²) < 4.78 is 46.2. The molecule has 1 aromatic heterocycles. The van der Waals surface area contributed by atoms with E-state index in [0.29, 0.717) is 29.4 Å². The smallest absolute Gasteiger partial charge is 0.231 e. The van der Waals surface area contributed by atoms with Gasteiger partial charge in [-0.1, -0.05) is 23.4 Å². The maximum absolute atomic E-state index is 14.2. The van der Waals surface area contributed by atoms with Gasteiger partial charge in [-0.05, 0) is 44.5 Å². The van der Waals surface area contributed by atoms with Crippen LogP contribution in [0.2, 0.25) is 0 Å². The number of rotatable bonds is 4. The average Bonchev–Trinajstić information content (AvgIpc) is 3.18. The predicted octanol–water partition coefficient (Wildman–Crippen LogP) is 5.09. The number of likely N-dealkylation sites (tertiary alicyclic amines) is 1. The van der Waals surface area contributed by atoms with Crippen molar-refractivity contribution < 1.29 is 17.7 Å². The van der Waals surface area contributed by atoms with Crippen LogP contribution in [0.15, 0.2) is 47.0 Å². The van der Waals surface area contributed by atoms with Crippen LogP contribution in [0.25, 0.3) is 11.4 Å². The van der Waals surface area contributed by atoms with Crippen molar-refractivity contribution in [1.29, 1.82) is 0 Å². The maximum atomic E-state index is 14.2. The van der Waals surface area contributed by atoms with Crippen LogP contribution in [0.5, 0.6) is 0 Å². The number of benzene rings is 2. The molecular weight excluding hydrogens is 367 g/mol. The first-order valence-electron chi connectivity index (χ1n) is 9.30. The Bertz CT molecular complexity index is 975. The topological polar surface area (TPSA) is 42.2 Å². The molecule has 0 radical (unpaired) electrons. The molecule has 2 atom stereocenters. The number of nitrogens with zero attached hydrogens (tertiary/aromatic N) is 3. The van der Waals surface area contributed by atoms with E-state index in [0.717, 1.165) is 25.5 Å². The lowest BCUT2D eigenvalue weighted by Crippen LogP contribution is -2.36. The van der Waals surface area contributed by atoms with Gasteiger partial charge in [-0.15, -0.1) is 0 Å². The standard InChI is InChI=1S/C21H20F3N3O/c1-13(18-8-7-17(23)11-19(18)24)27-9-3-5-15(12-27)21-25-20(26-28-21)14-4-2-6-16(22)10-14/h2,4,6-8,10-11,13,15H,3,5,9,12H2,1H3. The van der Waals surface area contributed by atoms with Crippen LogP contribution in [0.1, 0.15) is 43.2 Å². The van der Waals surface area contributed by atoms with Gasteiger partial charge in [-0.25, -0.2) is 13.2 Å². The molecule has 1 aliphatic rings. The third-order valence-electron chi connectivity index (χ3n) is 5.29. The van der Waals surface area contributed by atoms with Crippen molar-refractivity contribution in [2.75, 3.05) is 13.1 Å². The molecule has 0 saturated carbocycles. The average molecular weight is 387 g/mol. The van der Waals surface area contributed by atoms with E-state index >= 15 is 0 Å². The second-order valence-corrected chi connectivity index (χ2v) is 7.14. The van der Waals surface area contributed by atoms with Gasteiger partial charge in [0.1, 0.15) is 17.5 Å². The molecule has 4 nitrogen and oxygen atoms in total. The first-order chi connectivity index (χ1) is 13.5. The van der Waals surface area contributed by atoms with Gasteiger partial charge in [-0.3, -0.25) is 4.90 Å². The summed E-state index contributed by atoms with van der Waals surface area (Å²) in [6.07, 6.45) is 1.77. The highest BCUT2D eigenvalue weighted by atomic mass is 19.1. The van der Waals surface area contributed by atoms with Gasteiger partial charge in [0, 0.05) is 29.8 Å². The highest BCUT2D eigenvalue weighted by molar-refractivity contribution is 5.53. The van der Waals surface area contributed by atoms with Crippen molar-refractivity contribution in [3.05, 3.63) is 71.4 Å². The van der Waals surface area contributed by atoms with Crippen LogP contribution >= 0.6 is 0 Å². The lowest BCUT2D eigenvalue weighted by atomic mass is 9.95. The molecule has 1 aliphatic heterocycles. The van der Waals surface area contributed by atoms with Gasteiger partial charge >= 0.3 is 0 Å². The summed E-state index contributed by atoms with van der Waals surface area (Å²) in [7, 11) is 0. The van der Waals surface area contributed by atoms with Gasteiger partial charge in [0.15, 0.2) is 0 Å². The van der Waals surface area contributed by atoms with Crippen LogP contribution in [-0.2, 0) is 0 Å². The van der Waals surface area contributed by atoms with Crippen LogP contribution in [-0.4, -0.2) is 28.1 Å². The van der Waals surface area contributed by atoms with Crippen molar-refractivity contribution in [2.24, 2.45) is 0 Å². The molecule has 4 rings (SSSR count). The number of hydrogen-bond donors (Lipinski definition) is 0. The maximum Gasteiger partial charge on any atom is 0.231 e. The Balaban J connectivity index is 1.51. The van der Waals surface area contributed by atoms with Gasteiger partial charge < -0.3 is 4.52 Å². The molecule has 146 valence electrons. The number of aromatic nitrogens is 2. The second-order valence-electron chi connectivity index (χ2n) is 7.14. The molecule has 1 fully saturated rings. The van der Waals surface area contributed by atoms with E-state index in [4.69, 9.17) is 4.52 Å². The molecule has 3 aromatic rings. The fourth-order valence-corrected chi connectivity index (χ4v) is 3.74. The fourth-order valence-electron chi connectivity index (χ4n) is 3.74. The lowest BCUT2D eigenvalue weighted by molar-refractivity contribution is 0.142. The third-order valence-corrected chi connectivity index (χ3v) is 5.29. The number of piperidine rings is 1. The summed E-state index contributed by atoms with van der Waals surface area (Å²) in [5.74, 6) is -0.626. The summed E-state index contributed by atoms with van der Waals surface area (Å²) in [6, 6.07) is 9.53. The van der Waals surface area contributed by atoms with E-state index in [1.54, 1.807) is 12.1 Å². The molecule has 2 aromatic carbocycles. The van der Waals surface area contributed by atoms with Crippen molar-refractivity contribution in [3.8, 4) is 11.4 Å². The molecule has 0 spiro atoms. The Morgan fingerprint density at radius 3 is 2.71 bits per heavy atom. The molecule has 1 saturated heterocycles. The quantitative estimate of drug-likeness (QED) is 0.625. The van der Waals surface area contributed by atoms with Crippen LogP contribution in [0, 0.1) is 17.5 Å². The van der Waals surface area contributed by atoms with Gasteiger partial charge in [0.2, 0.25) is 11.7 Å². The zero-order valence-electron chi connectivity index (χ0n) is 15.4. The van der Waals surface area contributed by atoms with Crippen molar-refractivity contribution in [2.45, 2.75) is 31.7 Å². The van der Waals surface area contributed by atoms with Gasteiger partial charge in [0.25, 0.3) is 0 Å². The Kier molecular flexibility index (Phi) is 5.17. The first-order valence-corrected chi connectivity index (χ1v) is 9.30. The molecule has 0 amide bonds. The van der Waals surface area contributed by atoms with Crippen LogP contribution < -0.4 is 0 Å². The van der Waals surface area contributed by atoms with Crippen molar-refractivity contribution >= 4 is 0 Å². The summed E-state index contributed by atoms with van der Waals surface area (Å²) in [6.45, 7) is 3.34. The minimum Gasteiger partial charge on any atom is -0.339 e. The minimum absolute atomic E-state index is 0.00881. The lowest BCUT2D eigenvalue weighted by Gasteiger charge is -2.35. The van der Waals surface area contributed by atoms with Gasteiger partial charge in [-0.2, -0.15) is 4.98 Å². The fraction of sp³-hybridized carbons (Fsp3) is 0.333. The van der Waals surface area contributed by atoms with E-state index in [-0.39, 0.29) is 17.8 Å². The zero-order valence-corrected chi connectivity index (χ0v) is 15.4. The van der Waals surface area contributed by atoms with Crippen molar-refractivity contribution in [3.63, 3.8) is 0 Å². The van der Waals surface area contributed by atoms with E-state index in [2.05, 4.69) is 15.0 Å². The van der Waals surface area contributed by atoms with E-state index in [9.17, 15) is 13.2 Å².